The number of aryl methyl sites for hydroxylation is 1. The highest BCUT2D eigenvalue weighted by Crippen LogP contribution is 2.27. The Hall–Kier alpha value is -3.04. The van der Waals surface area contributed by atoms with Crippen LogP contribution in [0.5, 0.6) is 0 Å². The maximum absolute atomic E-state index is 12.8. The van der Waals surface area contributed by atoms with Crippen molar-refractivity contribution < 1.29 is 23.8 Å². The number of hydrogen-bond donors (Lipinski definition) is 0. The van der Waals surface area contributed by atoms with Gasteiger partial charge in [0.15, 0.2) is 0 Å². The highest BCUT2D eigenvalue weighted by Gasteiger charge is 2.21. The van der Waals surface area contributed by atoms with E-state index in [1.165, 1.54) is 18.0 Å². The second-order valence-corrected chi connectivity index (χ2v) is 7.50. The van der Waals surface area contributed by atoms with Gasteiger partial charge in [0.2, 0.25) is 0 Å². The fourth-order valence-corrected chi connectivity index (χ4v) is 3.89. The standard InChI is InChI=1S/C21H22N2O6S/c1-14-17-19(30-18(14)21(26)29-11-10-27-2)22-13-23(20(17)25)12-16(24)28-9-8-15-6-4-3-5-7-15/h3-7,13H,8-12H2,1-2H3. The number of carbonyl (C=O) groups is 2. The van der Waals surface area contributed by atoms with Gasteiger partial charge in [-0.05, 0) is 18.1 Å². The van der Waals surface area contributed by atoms with E-state index in [1.54, 1.807) is 6.92 Å². The van der Waals surface area contributed by atoms with Crippen LogP contribution in [0.4, 0.5) is 0 Å². The van der Waals surface area contributed by atoms with Crippen LogP contribution in [0.1, 0.15) is 20.8 Å². The van der Waals surface area contributed by atoms with Gasteiger partial charge in [-0.1, -0.05) is 30.3 Å². The van der Waals surface area contributed by atoms with Gasteiger partial charge in [-0.3, -0.25) is 14.2 Å². The molecular weight excluding hydrogens is 408 g/mol. The summed E-state index contributed by atoms with van der Waals surface area (Å²) in [6.45, 7) is 2.04. The molecule has 0 aliphatic heterocycles. The summed E-state index contributed by atoms with van der Waals surface area (Å²) >= 11 is 1.09. The molecule has 0 saturated heterocycles. The number of ether oxygens (including phenoxy) is 3. The Kier molecular flexibility index (Phi) is 7.31. The lowest BCUT2D eigenvalue weighted by molar-refractivity contribution is -0.144. The van der Waals surface area contributed by atoms with E-state index >= 15 is 0 Å². The zero-order valence-electron chi connectivity index (χ0n) is 16.8. The van der Waals surface area contributed by atoms with Crippen LogP contribution in [0.25, 0.3) is 10.2 Å². The Morgan fingerprint density at radius 1 is 1.10 bits per heavy atom. The van der Waals surface area contributed by atoms with Gasteiger partial charge >= 0.3 is 11.9 Å². The van der Waals surface area contributed by atoms with Gasteiger partial charge in [0.05, 0.1) is 24.9 Å². The number of benzene rings is 1. The Labute approximate surface area is 177 Å². The van der Waals surface area contributed by atoms with Crippen LogP contribution in [-0.2, 0) is 32.0 Å². The Morgan fingerprint density at radius 2 is 1.87 bits per heavy atom. The molecule has 2 aromatic heterocycles. The summed E-state index contributed by atoms with van der Waals surface area (Å²) in [5.74, 6) is -1.06. The molecule has 0 bridgehead atoms. The number of carbonyl (C=O) groups excluding carboxylic acids is 2. The number of nitrogens with zero attached hydrogens (tertiary/aromatic N) is 2. The zero-order chi connectivity index (χ0) is 21.5. The summed E-state index contributed by atoms with van der Waals surface area (Å²) in [5.41, 5.74) is 1.15. The lowest BCUT2D eigenvalue weighted by atomic mass is 10.2. The topological polar surface area (TPSA) is 96.7 Å². The zero-order valence-corrected chi connectivity index (χ0v) is 17.6. The SMILES string of the molecule is COCCOC(=O)c1sc2ncn(CC(=O)OCCc3ccccc3)c(=O)c2c1C. The monoisotopic (exact) mass is 430 g/mol. The molecule has 0 saturated carbocycles. The molecule has 0 radical (unpaired) electrons. The smallest absolute Gasteiger partial charge is 0.348 e. The highest BCUT2D eigenvalue weighted by atomic mass is 32.1. The van der Waals surface area contributed by atoms with Crippen molar-refractivity contribution in [1.82, 2.24) is 9.55 Å². The number of aromatic nitrogens is 2. The number of thiophene rings is 1. The first-order valence-electron chi connectivity index (χ1n) is 9.35. The average molecular weight is 430 g/mol. The first-order chi connectivity index (χ1) is 14.5. The second-order valence-electron chi connectivity index (χ2n) is 6.50. The summed E-state index contributed by atoms with van der Waals surface area (Å²) in [4.78, 5) is 42.2. The predicted octanol–water partition coefficient (Wildman–Crippen LogP) is 2.36. The van der Waals surface area contributed by atoms with Gasteiger partial charge < -0.3 is 14.2 Å². The van der Waals surface area contributed by atoms with Crippen LogP contribution in [0.3, 0.4) is 0 Å². The summed E-state index contributed by atoms with van der Waals surface area (Å²) in [6.07, 6.45) is 1.88. The van der Waals surface area contributed by atoms with Crippen LogP contribution in [-0.4, -0.2) is 48.4 Å². The molecule has 0 unspecified atom stereocenters. The van der Waals surface area contributed by atoms with Crippen molar-refractivity contribution in [3.63, 3.8) is 0 Å². The summed E-state index contributed by atoms with van der Waals surface area (Å²) < 4.78 is 16.4. The van der Waals surface area contributed by atoms with E-state index in [2.05, 4.69) is 4.98 Å². The number of methoxy groups -OCH3 is 1. The molecule has 158 valence electrons. The molecule has 3 aromatic rings. The second kappa shape index (κ2) is 10.1. The third-order valence-electron chi connectivity index (χ3n) is 4.42. The molecule has 2 heterocycles. The lowest BCUT2D eigenvalue weighted by Gasteiger charge is -2.07. The normalized spacial score (nSPS) is 10.9. The van der Waals surface area contributed by atoms with Gasteiger partial charge in [-0.25, -0.2) is 9.78 Å². The Balaban J connectivity index is 1.68. The molecule has 0 fully saturated rings. The summed E-state index contributed by atoms with van der Waals surface area (Å²) in [7, 11) is 1.51. The molecule has 9 heteroatoms. The molecule has 0 N–H and O–H groups in total. The van der Waals surface area contributed by atoms with Crippen molar-refractivity contribution in [2.75, 3.05) is 26.9 Å². The van der Waals surface area contributed by atoms with Crippen molar-refractivity contribution >= 4 is 33.5 Å². The first-order valence-corrected chi connectivity index (χ1v) is 10.2. The highest BCUT2D eigenvalue weighted by molar-refractivity contribution is 7.20. The molecule has 8 nitrogen and oxygen atoms in total. The molecule has 0 atom stereocenters. The van der Waals surface area contributed by atoms with Crippen LogP contribution in [0.15, 0.2) is 41.5 Å². The molecule has 0 spiro atoms. The van der Waals surface area contributed by atoms with Gasteiger partial charge in [0.25, 0.3) is 5.56 Å². The Morgan fingerprint density at radius 3 is 2.60 bits per heavy atom. The third-order valence-corrected chi connectivity index (χ3v) is 5.60. The van der Waals surface area contributed by atoms with Gasteiger partial charge in [0, 0.05) is 13.5 Å². The van der Waals surface area contributed by atoms with Gasteiger partial charge in [-0.15, -0.1) is 11.3 Å². The van der Waals surface area contributed by atoms with Gasteiger partial charge in [-0.2, -0.15) is 0 Å². The lowest BCUT2D eigenvalue weighted by Crippen LogP contribution is -2.26. The minimum absolute atomic E-state index is 0.121. The van der Waals surface area contributed by atoms with E-state index in [0.29, 0.717) is 27.1 Å². The van der Waals surface area contributed by atoms with Crippen molar-refractivity contribution in [2.24, 2.45) is 0 Å². The van der Waals surface area contributed by atoms with E-state index in [-0.39, 0.29) is 26.4 Å². The van der Waals surface area contributed by atoms with E-state index in [0.717, 1.165) is 16.9 Å². The van der Waals surface area contributed by atoms with E-state index in [1.807, 2.05) is 30.3 Å². The number of hydrogen-bond acceptors (Lipinski definition) is 8. The van der Waals surface area contributed by atoms with Crippen molar-refractivity contribution in [1.29, 1.82) is 0 Å². The van der Waals surface area contributed by atoms with E-state index < -0.39 is 17.5 Å². The molecule has 30 heavy (non-hydrogen) atoms. The minimum Gasteiger partial charge on any atom is -0.464 e. The predicted molar refractivity (Wildman–Crippen MR) is 112 cm³/mol. The molecule has 0 amide bonds. The van der Waals surface area contributed by atoms with Crippen molar-refractivity contribution in [3.05, 3.63) is 63.0 Å². The van der Waals surface area contributed by atoms with E-state index in [4.69, 9.17) is 14.2 Å². The fraction of sp³-hybridized carbons (Fsp3) is 0.333. The Bertz CT molecular complexity index is 1090. The molecule has 0 aliphatic rings. The molecule has 0 aliphatic carbocycles. The molecule has 3 rings (SSSR count). The van der Waals surface area contributed by atoms with Crippen LogP contribution >= 0.6 is 11.3 Å². The van der Waals surface area contributed by atoms with Crippen molar-refractivity contribution in [2.45, 2.75) is 19.9 Å². The molecular formula is C21H22N2O6S. The van der Waals surface area contributed by atoms with Crippen molar-refractivity contribution in [3.8, 4) is 0 Å². The maximum Gasteiger partial charge on any atom is 0.348 e. The number of fused-ring (bicyclic) bond motifs is 1. The third kappa shape index (κ3) is 5.11. The number of rotatable bonds is 9. The minimum atomic E-state index is -0.529. The summed E-state index contributed by atoms with van der Waals surface area (Å²) in [5, 5.41) is 0.304. The van der Waals surface area contributed by atoms with Crippen LogP contribution < -0.4 is 5.56 Å². The van der Waals surface area contributed by atoms with E-state index in [9.17, 15) is 14.4 Å². The largest absolute Gasteiger partial charge is 0.464 e. The quantitative estimate of drug-likeness (QED) is 0.380. The molecule has 1 aromatic carbocycles. The van der Waals surface area contributed by atoms with Crippen LogP contribution in [0, 0.1) is 6.92 Å². The average Bonchev–Trinajstić information content (AvgIpc) is 3.08. The van der Waals surface area contributed by atoms with Gasteiger partial charge in [0.1, 0.15) is 22.9 Å². The maximum atomic E-state index is 12.8. The fourth-order valence-electron chi connectivity index (χ4n) is 2.86. The number of esters is 2. The van der Waals surface area contributed by atoms with Crippen LogP contribution in [0.2, 0.25) is 0 Å². The summed E-state index contributed by atoms with van der Waals surface area (Å²) in [6, 6.07) is 9.66. The first kappa shape index (κ1) is 21.7.